The molecule has 0 atom stereocenters. The molecule has 1 saturated heterocycles. The van der Waals surface area contributed by atoms with Gasteiger partial charge in [0, 0.05) is 37.9 Å². The lowest BCUT2D eigenvalue weighted by atomic mass is 10.1. The number of anilines is 1. The summed E-state index contributed by atoms with van der Waals surface area (Å²) in [5.74, 6) is 1.23. The summed E-state index contributed by atoms with van der Waals surface area (Å²) in [7, 11) is 1.49. The van der Waals surface area contributed by atoms with Gasteiger partial charge in [-0.05, 0) is 24.3 Å². The maximum absolute atomic E-state index is 12.7. The molecule has 1 aliphatic rings. The summed E-state index contributed by atoms with van der Waals surface area (Å²) in [4.78, 5) is 21.0. The summed E-state index contributed by atoms with van der Waals surface area (Å²) in [5.41, 5.74) is 0.470. The van der Waals surface area contributed by atoms with E-state index in [1.807, 2.05) is 18.2 Å². The van der Waals surface area contributed by atoms with Crippen LogP contribution in [0.5, 0.6) is 5.75 Å². The number of methoxy groups -OCH3 is 1. The van der Waals surface area contributed by atoms with Gasteiger partial charge in [-0.1, -0.05) is 29.3 Å². The predicted molar refractivity (Wildman–Crippen MR) is 95.4 cm³/mol. The SMILES string of the molecule is COc1c(Cl)cc(C(=O)N2CCN(c3ccccn3)CC2)cc1Cl. The molecule has 0 N–H and O–H groups in total. The van der Waals surface area contributed by atoms with Crippen molar-refractivity contribution in [2.75, 3.05) is 38.2 Å². The van der Waals surface area contributed by atoms with Gasteiger partial charge in [-0.3, -0.25) is 4.79 Å². The van der Waals surface area contributed by atoms with Gasteiger partial charge in [0.2, 0.25) is 0 Å². The van der Waals surface area contributed by atoms with Crippen LogP contribution in [0.2, 0.25) is 10.0 Å². The molecule has 1 aromatic heterocycles. The quantitative estimate of drug-likeness (QED) is 0.836. The number of rotatable bonds is 3. The molecule has 1 fully saturated rings. The first-order valence-electron chi connectivity index (χ1n) is 7.58. The number of halogens is 2. The van der Waals surface area contributed by atoms with Crippen molar-refractivity contribution in [3.63, 3.8) is 0 Å². The van der Waals surface area contributed by atoms with E-state index in [-0.39, 0.29) is 5.91 Å². The average molecular weight is 366 g/mol. The van der Waals surface area contributed by atoms with Crippen LogP contribution in [0.4, 0.5) is 5.82 Å². The van der Waals surface area contributed by atoms with Crippen LogP contribution in [0.3, 0.4) is 0 Å². The molecule has 2 aromatic rings. The van der Waals surface area contributed by atoms with E-state index in [0.29, 0.717) is 34.4 Å². The topological polar surface area (TPSA) is 45.7 Å². The number of hydrogen-bond donors (Lipinski definition) is 0. The van der Waals surface area contributed by atoms with Gasteiger partial charge in [-0.15, -0.1) is 0 Å². The fraction of sp³-hybridized carbons (Fsp3) is 0.294. The third-order valence-electron chi connectivity index (χ3n) is 3.99. The molecule has 1 amide bonds. The Labute approximate surface area is 150 Å². The van der Waals surface area contributed by atoms with Crippen LogP contribution in [0.25, 0.3) is 0 Å². The van der Waals surface area contributed by atoms with E-state index in [9.17, 15) is 4.79 Å². The highest BCUT2D eigenvalue weighted by molar-refractivity contribution is 6.37. The molecule has 3 rings (SSSR count). The van der Waals surface area contributed by atoms with E-state index < -0.39 is 0 Å². The molecule has 2 heterocycles. The van der Waals surface area contributed by atoms with E-state index in [1.165, 1.54) is 7.11 Å². The summed E-state index contributed by atoms with van der Waals surface area (Å²) >= 11 is 12.2. The standard InChI is InChI=1S/C17H17Cl2N3O2/c1-24-16-13(18)10-12(11-14(16)19)17(23)22-8-6-21(7-9-22)15-4-2-3-5-20-15/h2-5,10-11H,6-9H2,1H3. The van der Waals surface area contributed by atoms with Gasteiger partial charge in [0.05, 0.1) is 17.2 Å². The third-order valence-corrected chi connectivity index (χ3v) is 4.55. The molecule has 24 heavy (non-hydrogen) atoms. The predicted octanol–water partition coefficient (Wildman–Crippen LogP) is 3.36. The van der Waals surface area contributed by atoms with E-state index >= 15 is 0 Å². The Kier molecular flexibility index (Phi) is 5.11. The Balaban J connectivity index is 1.69. The molecule has 1 aliphatic heterocycles. The van der Waals surface area contributed by atoms with Gasteiger partial charge < -0.3 is 14.5 Å². The second-order valence-corrected chi connectivity index (χ2v) is 6.25. The van der Waals surface area contributed by atoms with Crippen molar-refractivity contribution in [1.82, 2.24) is 9.88 Å². The molecule has 0 bridgehead atoms. The lowest BCUT2D eigenvalue weighted by molar-refractivity contribution is 0.0746. The summed E-state index contributed by atoms with van der Waals surface area (Å²) in [6.45, 7) is 2.72. The molecule has 126 valence electrons. The van der Waals surface area contributed by atoms with Gasteiger partial charge in [-0.2, -0.15) is 0 Å². The van der Waals surface area contributed by atoms with Crippen LogP contribution in [-0.4, -0.2) is 49.1 Å². The number of aromatic nitrogens is 1. The minimum absolute atomic E-state index is 0.0814. The monoisotopic (exact) mass is 365 g/mol. The smallest absolute Gasteiger partial charge is 0.254 e. The van der Waals surface area contributed by atoms with Crippen molar-refractivity contribution in [3.05, 3.63) is 52.1 Å². The zero-order valence-electron chi connectivity index (χ0n) is 13.2. The largest absolute Gasteiger partial charge is 0.494 e. The van der Waals surface area contributed by atoms with Crippen molar-refractivity contribution in [1.29, 1.82) is 0 Å². The van der Waals surface area contributed by atoms with Gasteiger partial charge in [-0.25, -0.2) is 4.98 Å². The molecule has 0 radical (unpaired) electrons. The number of piperazine rings is 1. The van der Waals surface area contributed by atoms with Crippen LogP contribution >= 0.6 is 23.2 Å². The molecule has 0 saturated carbocycles. The number of pyridine rings is 1. The van der Waals surface area contributed by atoms with Crippen LogP contribution < -0.4 is 9.64 Å². The van der Waals surface area contributed by atoms with E-state index in [2.05, 4.69) is 9.88 Å². The number of ether oxygens (including phenoxy) is 1. The highest BCUT2D eigenvalue weighted by atomic mass is 35.5. The van der Waals surface area contributed by atoms with Crippen LogP contribution in [0.1, 0.15) is 10.4 Å². The van der Waals surface area contributed by atoms with Crippen LogP contribution in [0, 0.1) is 0 Å². The third kappa shape index (κ3) is 3.42. The van der Waals surface area contributed by atoms with Crippen molar-refractivity contribution in [2.45, 2.75) is 0 Å². The zero-order valence-corrected chi connectivity index (χ0v) is 14.7. The number of benzene rings is 1. The summed E-state index contributed by atoms with van der Waals surface area (Å²) < 4.78 is 5.12. The molecule has 0 aliphatic carbocycles. The Morgan fingerprint density at radius 1 is 1.12 bits per heavy atom. The van der Waals surface area contributed by atoms with Gasteiger partial charge in [0.25, 0.3) is 5.91 Å². The Morgan fingerprint density at radius 2 is 1.79 bits per heavy atom. The van der Waals surface area contributed by atoms with Gasteiger partial charge in [0.15, 0.2) is 5.75 Å². The van der Waals surface area contributed by atoms with E-state index in [0.717, 1.165) is 18.9 Å². The second-order valence-electron chi connectivity index (χ2n) is 5.44. The minimum atomic E-state index is -0.0814. The molecule has 0 unspecified atom stereocenters. The zero-order chi connectivity index (χ0) is 17.1. The Morgan fingerprint density at radius 3 is 2.33 bits per heavy atom. The van der Waals surface area contributed by atoms with Crippen molar-refractivity contribution in [2.24, 2.45) is 0 Å². The number of hydrogen-bond acceptors (Lipinski definition) is 4. The first-order chi connectivity index (χ1) is 11.6. The fourth-order valence-electron chi connectivity index (χ4n) is 2.74. The molecule has 5 nitrogen and oxygen atoms in total. The summed E-state index contributed by atoms with van der Waals surface area (Å²) in [6.07, 6.45) is 1.77. The summed E-state index contributed by atoms with van der Waals surface area (Å²) in [5, 5.41) is 0.668. The van der Waals surface area contributed by atoms with Crippen molar-refractivity contribution >= 4 is 34.9 Å². The molecular weight excluding hydrogens is 349 g/mol. The van der Waals surface area contributed by atoms with Crippen molar-refractivity contribution < 1.29 is 9.53 Å². The molecule has 1 aromatic carbocycles. The summed E-state index contributed by atoms with van der Waals surface area (Å²) in [6, 6.07) is 9.02. The molecule has 0 spiro atoms. The fourth-order valence-corrected chi connectivity index (χ4v) is 3.38. The van der Waals surface area contributed by atoms with Gasteiger partial charge in [0.1, 0.15) is 5.82 Å². The first-order valence-corrected chi connectivity index (χ1v) is 8.34. The number of nitrogens with zero attached hydrogens (tertiary/aromatic N) is 3. The minimum Gasteiger partial charge on any atom is -0.494 e. The second kappa shape index (κ2) is 7.28. The highest BCUT2D eigenvalue weighted by Crippen LogP contribution is 2.34. The lowest BCUT2D eigenvalue weighted by Gasteiger charge is -2.35. The van der Waals surface area contributed by atoms with E-state index in [4.69, 9.17) is 27.9 Å². The maximum atomic E-state index is 12.7. The maximum Gasteiger partial charge on any atom is 0.254 e. The van der Waals surface area contributed by atoms with Crippen LogP contribution in [-0.2, 0) is 0 Å². The average Bonchev–Trinajstić information content (AvgIpc) is 2.62. The highest BCUT2D eigenvalue weighted by Gasteiger charge is 2.24. The Hall–Kier alpha value is -1.98. The Bertz CT molecular complexity index is 709. The molecular formula is C17H17Cl2N3O2. The number of amides is 1. The van der Waals surface area contributed by atoms with Crippen molar-refractivity contribution in [3.8, 4) is 5.75 Å². The lowest BCUT2D eigenvalue weighted by Crippen LogP contribution is -2.49. The number of carbonyl (C=O) groups is 1. The number of carbonyl (C=O) groups excluding carboxylic acids is 1. The van der Waals surface area contributed by atoms with E-state index in [1.54, 1.807) is 23.2 Å². The first kappa shape index (κ1) is 16.9. The normalized spacial score (nSPS) is 14.6. The van der Waals surface area contributed by atoms with Gasteiger partial charge >= 0.3 is 0 Å². The van der Waals surface area contributed by atoms with Crippen LogP contribution in [0.15, 0.2) is 36.5 Å². The molecule has 7 heteroatoms.